The number of hydrogen-bond donors (Lipinski definition) is 1. The van der Waals surface area contributed by atoms with Crippen LogP contribution in [0.5, 0.6) is 0 Å². The summed E-state index contributed by atoms with van der Waals surface area (Å²) in [6, 6.07) is 9.81. The highest BCUT2D eigenvalue weighted by atomic mass is 32.2. The van der Waals surface area contributed by atoms with Gasteiger partial charge in [-0.3, -0.25) is 4.57 Å². The van der Waals surface area contributed by atoms with E-state index in [0.717, 1.165) is 12.1 Å². The van der Waals surface area contributed by atoms with E-state index >= 15 is 0 Å². The molecule has 1 aliphatic heterocycles. The average molecular weight is 291 g/mol. The summed E-state index contributed by atoms with van der Waals surface area (Å²) in [5.74, 6) is 1.19. The normalized spacial score (nSPS) is 21.5. The van der Waals surface area contributed by atoms with Gasteiger partial charge in [0.15, 0.2) is 9.84 Å². The Hall–Kier alpha value is -1.82. The van der Waals surface area contributed by atoms with Crippen LogP contribution in [0, 0.1) is 0 Å². The number of aromatic nitrogens is 2. The molecule has 0 radical (unpaired) electrons. The number of imidazole rings is 1. The Morgan fingerprint density at radius 1 is 1.25 bits per heavy atom. The second-order valence-electron chi connectivity index (χ2n) is 5.05. The van der Waals surface area contributed by atoms with Gasteiger partial charge in [-0.2, -0.15) is 0 Å². The van der Waals surface area contributed by atoms with Gasteiger partial charge in [0.1, 0.15) is 0 Å². The Bertz CT molecular complexity index is 679. The van der Waals surface area contributed by atoms with Crippen LogP contribution in [0.4, 0.5) is 5.95 Å². The second kappa shape index (κ2) is 5.28. The number of rotatable bonds is 3. The van der Waals surface area contributed by atoms with Gasteiger partial charge in [-0.05, 0) is 25.0 Å². The summed E-state index contributed by atoms with van der Waals surface area (Å²) < 4.78 is 25.3. The van der Waals surface area contributed by atoms with Crippen molar-refractivity contribution in [2.45, 2.75) is 18.9 Å². The maximum absolute atomic E-state index is 11.7. The third-order valence-corrected chi connectivity index (χ3v) is 5.29. The summed E-state index contributed by atoms with van der Waals surface area (Å²) in [4.78, 5) is 4.29. The summed E-state index contributed by atoms with van der Waals surface area (Å²) in [7, 11) is -2.91. The minimum atomic E-state index is -2.91. The molecule has 3 rings (SSSR count). The Morgan fingerprint density at radius 3 is 2.80 bits per heavy atom. The number of benzene rings is 1. The molecule has 2 heterocycles. The van der Waals surface area contributed by atoms with Crippen molar-refractivity contribution in [1.29, 1.82) is 0 Å². The number of anilines is 1. The highest BCUT2D eigenvalue weighted by Crippen LogP contribution is 2.19. The van der Waals surface area contributed by atoms with Crippen molar-refractivity contribution in [1.82, 2.24) is 9.55 Å². The Balaban J connectivity index is 1.81. The lowest BCUT2D eigenvalue weighted by molar-refractivity contribution is 0.561. The van der Waals surface area contributed by atoms with Gasteiger partial charge in [0.2, 0.25) is 5.95 Å². The molecule has 1 saturated heterocycles. The molecule has 0 amide bonds. The molecule has 5 nitrogen and oxygen atoms in total. The molecule has 1 atom stereocenters. The Morgan fingerprint density at radius 2 is 2.05 bits per heavy atom. The van der Waals surface area contributed by atoms with Crippen molar-refractivity contribution in [2.75, 3.05) is 16.8 Å². The van der Waals surface area contributed by atoms with E-state index in [-0.39, 0.29) is 11.8 Å². The lowest BCUT2D eigenvalue weighted by Crippen LogP contribution is -2.35. The molecule has 2 aromatic rings. The predicted molar refractivity (Wildman–Crippen MR) is 78.9 cm³/mol. The van der Waals surface area contributed by atoms with E-state index in [1.54, 1.807) is 6.20 Å². The lowest BCUT2D eigenvalue weighted by atomic mass is 10.2. The molecule has 1 aromatic carbocycles. The van der Waals surface area contributed by atoms with E-state index in [2.05, 4.69) is 10.3 Å². The first kappa shape index (κ1) is 13.2. The van der Waals surface area contributed by atoms with Gasteiger partial charge < -0.3 is 5.32 Å². The van der Waals surface area contributed by atoms with Crippen LogP contribution in [0.3, 0.4) is 0 Å². The van der Waals surface area contributed by atoms with Crippen LogP contribution < -0.4 is 5.32 Å². The predicted octanol–water partition coefficient (Wildman–Crippen LogP) is 1.86. The van der Waals surface area contributed by atoms with Crippen molar-refractivity contribution < 1.29 is 8.42 Å². The molecular formula is C14H17N3O2S. The van der Waals surface area contributed by atoms with Crippen LogP contribution in [0.15, 0.2) is 42.7 Å². The van der Waals surface area contributed by atoms with E-state index in [1.807, 2.05) is 41.1 Å². The molecule has 1 unspecified atom stereocenters. The number of nitrogens with one attached hydrogen (secondary N) is 1. The van der Waals surface area contributed by atoms with Gasteiger partial charge in [-0.1, -0.05) is 18.2 Å². The maximum Gasteiger partial charge on any atom is 0.207 e. The molecule has 0 bridgehead atoms. The quantitative estimate of drug-likeness (QED) is 0.937. The zero-order valence-corrected chi connectivity index (χ0v) is 11.9. The summed E-state index contributed by atoms with van der Waals surface area (Å²) in [6.07, 6.45) is 5.16. The summed E-state index contributed by atoms with van der Waals surface area (Å²) in [5, 5.41) is 3.26. The molecule has 106 valence electrons. The molecule has 1 aliphatic rings. The van der Waals surface area contributed by atoms with Crippen molar-refractivity contribution in [3.05, 3.63) is 42.7 Å². The van der Waals surface area contributed by atoms with Gasteiger partial charge in [0.25, 0.3) is 0 Å². The standard InChI is InChI=1S/C14H17N3O2S/c18-20(19)10-4-5-12(11-20)16-14-15-8-9-17(14)13-6-2-1-3-7-13/h1-3,6-9,12H,4-5,10-11H2,(H,15,16). The van der Waals surface area contributed by atoms with Crippen LogP contribution in [-0.4, -0.2) is 35.5 Å². The fourth-order valence-electron chi connectivity index (χ4n) is 2.53. The highest BCUT2D eigenvalue weighted by Gasteiger charge is 2.25. The first-order valence-corrected chi connectivity index (χ1v) is 8.52. The van der Waals surface area contributed by atoms with E-state index < -0.39 is 9.84 Å². The van der Waals surface area contributed by atoms with E-state index in [9.17, 15) is 8.42 Å². The zero-order valence-electron chi connectivity index (χ0n) is 11.1. The fraction of sp³-hybridized carbons (Fsp3) is 0.357. The minimum absolute atomic E-state index is 0.0568. The van der Waals surface area contributed by atoms with Gasteiger partial charge in [0, 0.05) is 24.1 Å². The molecule has 0 aliphatic carbocycles. The number of nitrogens with zero attached hydrogens (tertiary/aromatic N) is 2. The van der Waals surface area contributed by atoms with Crippen LogP contribution in [0.2, 0.25) is 0 Å². The Kier molecular flexibility index (Phi) is 3.48. The van der Waals surface area contributed by atoms with E-state index in [4.69, 9.17) is 0 Å². The van der Waals surface area contributed by atoms with Crippen LogP contribution in [-0.2, 0) is 9.84 Å². The zero-order chi connectivity index (χ0) is 14.0. The van der Waals surface area contributed by atoms with Crippen LogP contribution in [0.25, 0.3) is 5.69 Å². The fourth-order valence-corrected chi connectivity index (χ4v) is 4.16. The smallest absolute Gasteiger partial charge is 0.207 e. The van der Waals surface area contributed by atoms with E-state index in [0.29, 0.717) is 18.1 Å². The third-order valence-electron chi connectivity index (χ3n) is 3.47. The largest absolute Gasteiger partial charge is 0.352 e. The number of para-hydroxylation sites is 1. The topological polar surface area (TPSA) is 64.0 Å². The van der Waals surface area contributed by atoms with Gasteiger partial charge in [-0.15, -0.1) is 0 Å². The SMILES string of the molecule is O=S1(=O)CCCC(Nc2nccn2-c2ccccc2)C1. The molecule has 1 N–H and O–H groups in total. The van der Waals surface area contributed by atoms with E-state index in [1.165, 1.54) is 0 Å². The summed E-state index contributed by atoms with van der Waals surface area (Å²) in [6.45, 7) is 0. The van der Waals surface area contributed by atoms with Crippen molar-refractivity contribution >= 4 is 15.8 Å². The summed E-state index contributed by atoms with van der Waals surface area (Å²) in [5.41, 5.74) is 1.01. The maximum atomic E-state index is 11.7. The molecule has 0 spiro atoms. The van der Waals surface area contributed by atoms with Gasteiger partial charge in [-0.25, -0.2) is 13.4 Å². The average Bonchev–Trinajstić information content (AvgIpc) is 2.87. The van der Waals surface area contributed by atoms with Crippen molar-refractivity contribution in [3.8, 4) is 5.69 Å². The second-order valence-corrected chi connectivity index (χ2v) is 7.28. The van der Waals surface area contributed by atoms with Gasteiger partial charge >= 0.3 is 0 Å². The number of hydrogen-bond acceptors (Lipinski definition) is 4. The first-order valence-electron chi connectivity index (χ1n) is 6.70. The number of sulfone groups is 1. The molecule has 20 heavy (non-hydrogen) atoms. The monoisotopic (exact) mass is 291 g/mol. The highest BCUT2D eigenvalue weighted by molar-refractivity contribution is 7.91. The molecular weight excluding hydrogens is 274 g/mol. The van der Waals surface area contributed by atoms with Crippen LogP contribution in [0.1, 0.15) is 12.8 Å². The van der Waals surface area contributed by atoms with Crippen LogP contribution >= 0.6 is 0 Å². The molecule has 0 saturated carbocycles. The van der Waals surface area contributed by atoms with Crippen molar-refractivity contribution in [2.24, 2.45) is 0 Å². The van der Waals surface area contributed by atoms with Gasteiger partial charge in [0.05, 0.1) is 11.5 Å². The minimum Gasteiger partial charge on any atom is -0.352 e. The molecule has 1 aromatic heterocycles. The Labute approximate surface area is 118 Å². The van der Waals surface area contributed by atoms with Crippen molar-refractivity contribution in [3.63, 3.8) is 0 Å². The third kappa shape index (κ3) is 2.85. The first-order chi connectivity index (χ1) is 9.64. The summed E-state index contributed by atoms with van der Waals surface area (Å²) >= 11 is 0. The molecule has 6 heteroatoms. The lowest BCUT2D eigenvalue weighted by Gasteiger charge is -2.23. The molecule has 1 fully saturated rings.